The van der Waals surface area contributed by atoms with Crippen LogP contribution in [0.2, 0.25) is 0 Å². The van der Waals surface area contributed by atoms with Crippen LogP contribution in [0.4, 0.5) is 4.79 Å². The molecule has 0 aromatic heterocycles. The van der Waals surface area contributed by atoms with Crippen molar-refractivity contribution in [2.75, 3.05) is 13.1 Å². The average Bonchev–Trinajstić information content (AvgIpc) is 2.29. The minimum atomic E-state index is -0.738. The molecule has 7 heteroatoms. The number of piperazine rings is 1. The van der Waals surface area contributed by atoms with Gasteiger partial charge in [0, 0.05) is 13.1 Å². The van der Waals surface area contributed by atoms with Crippen molar-refractivity contribution in [1.29, 1.82) is 0 Å². The van der Waals surface area contributed by atoms with E-state index in [1.807, 2.05) is 0 Å². The van der Waals surface area contributed by atoms with Gasteiger partial charge in [0.15, 0.2) is 0 Å². The van der Waals surface area contributed by atoms with Crippen LogP contribution in [0, 0.1) is 0 Å². The topological polar surface area (TPSA) is 87.7 Å². The lowest BCUT2D eigenvalue weighted by molar-refractivity contribution is -0.143. The van der Waals surface area contributed by atoms with Crippen molar-refractivity contribution in [3.05, 3.63) is 0 Å². The summed E-state index contributed by atoms with van der Waals surface area (Å²) in [6, 6.07) is -1.27. The number of ether oxygens (including phenoxy) is 1. The molecule has 20 heavy (non-hydrogen) atoms. The normalized spacial score (nSPS) is 20.9. The van der Waals surface area contributed by atoms with Crippen LogP contribution in [0.25, 0.3) is 0 Å². The lowest BCUT2D eigenvalue weighted by Crippen LogP contribution is -2.59. The predicted molar refractivity (Wildman–Crippen MR) is 73.0 cm³/mol. The smallest absolute Gasteiger partial charge is 0.408 e. The van der Waals surface area contributed by atoms with Gasteiger partial charge < -0.3 is 20.3 Å². The molecule has 1 heterocycles. The highest BCUT2D eigenvalue weighted by Gasteiger charge is 2.32. The Balaban J connectivity index is 2.58. The van der Waals surface area contributed by atoms with Gasteiger partial charge in [-0.25, -0.2) is 4.79 Å². The third-order valence-electron chi connectivity index (χ3n) is 2.89. The van der Waals surface area contributed by atoms with E-state index in [0.29, 0.717) is 13.1 Å². The minimum absolute atomic E-state index is 0.186. The Morgan fingerprint density at radius 3 is 2.60 bits per heavy atom. The van der Waals surface area contributed by atoms with Gasteiger partial charge in [0.1, 0.15) is 17.7 Å². The summed E-state index contributed by atoms with van der Waals surface area (Å²) in [4.78, 5) is 36.8. The van der Waals surface area contributed by atoms with Crippen LogP contribution < -0.4 is 10.6 Å². The molecule has 1 saturated heterocycles. The third-order valence-corrected chi connectivity index (χ3v) is 2.89. The first kappa shape index (κ1) is 16.3. The molecule has 0 aliphatic carbocycles. The third kappa shape index (κ3) is 4.40. The fourth-order valence-electron chi connectivity index (χ4n) is 1.88. The molecule has 2 unspecified atom stereocenters. The molecule has 1 aliphatic rings. The van der Waals surface area contributed by atoms with Crippen molar-refractivity contribution in [2.24, 2.45) is 0 Å². The number of nitrogens with zero attached hydrogens (tertiary/aromatic N) is 1. The van der Waals surface area contributed by atoms with Crippen molar-refractivity contribution in [3.63, 3.8) is 0 Å². The van der Waals surface area contributed by atoms with E-state index in [2.05, 4.69) is 10.6 Å². The van der Waals surface area contributed by atoms with E-state index in [9.17, 15) is 14.4 Å². The van der Waals surface area contributed by atoms with E-state index < -0.39 is 23.8 Å². The van der Waals surface area contributed by atoms with Gasteiger partial charge in [-0.1, -0.05) is 0 Å². The fourth-order valence-corrected chi connectivity index (χ4v) is 1.88. The summed E-state index contributed by atoms with van der Waals surface area (Å²) in [6.45, 7) is 9.33. The van der Waals surface area contributed by atoms with Crippen molar-refractivity contribution in [1.82, 2.24) is 15.5 Å². The lowest BCUT2D eigenvalue weighted by Gasteiger charge is -2.34. The molecular weight excluding hydrogens is 262 g/mol. The largest absolute Gasteiger partial charge is 0.444 e. The molecule has 0 spiro atoms. The first-order chi connectivity index (χ1) is 9.11. The van der Waals surface area contributed by atoms with Gasteiger partial charge in [0.25, 0.3) is 0 Å². The van der Waals surface area contributed by atoms with Crippen molar-refractivity contribution in [3.8, 4) is 0 Å². The van der Waals surface area contributed by atoms with E-state index in [-0.39, 0.29) is 11.8 Å². The number of amides is 3. The lowest BCUT2D eigenvalue weighted by atomic mass is 10.1. The molecule has 0 saturated carbocycles. The molecule has 3 amide bonds. The monoisotopic (exact) mass is 285 g/mol. The van der Waals surface area contributed by atoms with Gasteiger partial charge in [0.2, 0.25) is 11.8 Å². The van der Waals surface area contributed by atoms with Crippen LogP contribution >= 0.6 is 0 Å². The Kier molecular flexibility index (Phi) is 4.97. The Morgan fingerprint density at radius 1 is 1.45 bits per heavy atom. The Bertz CT molecular complexity index is 403. The molecule has 1 rings (SSSR count). The summed E-state index contributed by atoms with van der Waals surface area (Å²) in [6.07, 6.45) is -0.646. The van der Waals surface area contributed by atoms with Gasteiger partial charge in [-0.15, -0.1) is 0 Å². The maximum absolute atomic E-state index is 12.2. The number of carbonyl (C=O) groups excluding carboxylic acids is 3. The van der Waals surface area contributed by atoms with Crippen LogP contribution in [-0.4, -0.2) is 53.6 Å². The molecule has 0 aromatic carbocycles. The minimum Gasteiger partial charge on any atom is -0.444 e. The van der Waals surface area contributed by atoms with Crippen LogP contribution in [-0.2, 0) is 14.3 Å². The Labute approximate surface area is 119 Å². The Morgan fingerprint density at radius 2 is 2.05 bits per heavy atom. The zero-order valence-electron chi connectivity index (χ0n) is 12.6. The maximum atomic E-state index is 12.2. The highest BCUT2D eigenvalue weighted by molar-refractivity contribution is 5.91. The van der Waals surface area contributed by atoms with Gasteiger partial charge in [-0.3, -0.25) is 9.59 Å². The van der Waals surface area contributed by atoms with E-state index in [1.54, 1.807) is 34.6 Å². The van der Waals surface area contributed by atoms with Gasteiger partial charge in [-0.05, 0) is 34.6 Å². The Hall–Kier alpha value is -1.79. The van der Waals surface area contributed by atoms with E-state index in [0.717, 1.165) is 0 Å². The zero-order valence-corrected chi connectivity index (χ0v) is 12.6. The van der Waals surface area contributed by atoms with Gasteiger partial charge in [-0.2, -0.15) is 0 Å². The van der Waals surface area contributed by atoms with Crippen molar-refractivity contribution < 1.29 is 19.1 Å². The first-order valence-corrected chi connectivity index (χ1v) is 6.69. The average molecular weight is 285 g/mol. The number of hydrogen-bond acceptors (Lipinski definition) is 4. The molecule has 1 aliphatic heterocycles. The zero-order chi connectivity index (χ0) is 15.5. The second-order valence-electron chi connectivity index (χ2n) is 5.87. The number of rotatable bonds is 2. The fraction of sp³-hybridized carbons (Fsp3) is 0.769. The van der Waals surface area contributed by atoms with Crippen LogP contribution in [0.15, 0.2) is 0 Å². The highest BCUT2D eigenvalue weighted by atomic mass is 16.6. The summed E-state index contributed by atoms with van der Waals surface area (Å²) >= 11 is 0. The molecular formula is C13H23N3O4. The first-order valence-electron chi connectivity index (χ1n) is 6.69. The standard InChI is InChI=1S/C13H23N3O4/c1-8(15-12(19)20-13(3,4)5)11(18)16-7-6-14-10(17)9(16)2/h8-9H,6-7H2,1-5H3,(H,14,17)(H,15,19). The molecule has 2 atom stereocenters. The second kappa shape index (κ2) is 6.11. The molecule has 114 valence electrons. The highest BCUT2D eigenvalue weighted by Crippen LogP contribution is 2.09. The van der Waals surface area contributed by atoms with Crippen LogP contribution in [0.1, 0.15) is 34.6 Å². The van der Waals surface area contributed by atoms with Gasteiger partial charge >= 0.3 is 6.09 Å². The van der Waals surface area contributed by atoms with E-state index in [1.165, 1.54) is 4.90 Å². The summed E-state index contributed by atoms with van der Waals surface area (Å²) in [5.74, 6) is -0.479. The number of hydrogen-bond donors (Lipinski definition) is 2. The molecule has 7 nitrogen and oxygen atoms in total. The number of alkyl carbamates (subject to hydrolysis) is 1. The molecule has 0 radical (unpaired) electrons. The molecule has 0 aromatic rings. The van der Waals surface area contributed by atoms with Crippen molar-refractivity contribution >= 4 is 17.9 Å². The summed E-state index contributed by atoms with van der Waals surface area (Å²) in [5, 5.41) is 5.17. The predicted octanol–water partition coefficient (Wildman–Crippen LogP) is 0.247. The quantitative estimate of drug-likeness (QED) is 0.761. The van der Waals surface area contributed by atoms with Crippen molar-refractivity contribution in [2.45, 2.75) is 52.3 Å². The number of nitrogens with one attached hydrogen (secondary N) is 2. The molecule has 1 fully saturated rings. The number of carbonyl (C=O) groups is 3. The summed E-state index contributed by atoms with van der Waals surface area (Å²) < 4.78 is 5.09. The van der Waals surface area contributed by atoms with Crippen LogP contribution in [0.5, 0.6) is 0 Å². The maximum Gasteiger partial charge on any atom is 0.408 e. The summed E-state index contributed by atoms with van der Waals surface area (Å²) in [7, 11) is 0. The second-order valence-corrected chi connectivity index (χ2v) is 5.87. The van der Waals surface area contributed by atoms with Crippen LogP contribution in [0.3, 0.4) is 0 Å². The molecule has 0 bridgehead atoms. The summed E-state index contributed by atoms with van der Waals surface area (Å²) in [5.41, 5.74) is -0.620. The molecule has 2 N–H and O–H groups in total. The van der Waals surface area contributed by atoms with E-state index >= 15 is 0 Å². The SMILES string of the molecule is CC(NC(=O)OC(C)(C)C)C(=O)N1CCNC(=O)C1C. The van der Waals surface area contributed by atoms with E-state index in [4.69, 9.17) is 4.74 Å². The van der Waals surface area contributed by atoms with Gasteiger partial charge in [0.05, 0.1) is 0 Å².